The third-order valence-electron chi connectivity index (χ3n) is 6.83. The Bertz CT molecular complexity index is 608. The molecule has 0 unspecified atom stereocenters. The van der Waals surface area contributed by atoms with Crippen LogP contribution in [0.15, 0.2) is 0 Å². The van der Waals surface area contributed by atoms with Crippen molar-refractivity contribution in [2.45, 2.75) is 97.1 Å². The minimum Gasteiger partial charge on any atom is -0.465 e. The first kappa shape index (κ1) is 26.0. The van der Waals surface area contributed by atoms with E-state index in [1.807, 2.05) is 5.06 Å². The third kappa shape index (κ3) is 4.63. The summed E-state index contributed by atoms with van der Waals surface area (Å²) >= 11 is 0. The zero-order valence-electron chi connectivity index (χ0n) is 20.5. The van der Waals surface area contributed by atoms with Crippen molar-refractivity contribution in [3.05, 3.63) is 0 Å². The Morgan fingerprint density at radius 3 is 1.77 bits per heavy atom. The van der Waals surface area contributed by atoms with Crippen molar-refractivity contribution in [1.29, 1.82) is 0 Å². The summed E-state index contributed by atoms with van der Waals surface area (Å²) in [5.41, 5.74) is -2.14. The van der Waals surface area contributed by atoms with E-state index in [2.05, 4.69) is 27.7 Å². The van der Waals surface area contributed by atoms with E-state index in [4.69, 9.17) is 23.8 Å². The van der Waals surface area contributed by atoms with E-state index in [-0.39, 0.29) is 24.3 Å². The molecule has 0 bridgehead atoms. The number of carbonyl (C=O) groups excluding carboxylic acids is 2. The Morgan fingerprint density at radius 2 is 1.35 bits per heavy atom. The van der Waals surface area contributed by atoms with Crippen molar-refractivity contribution >= 4 is 11.9 Å². The molecule has 8 nitrogen and oxygen atoms in total. The lowest BCUT2D eigenvalue weighted by Gasteiger charge is -2.55. The number of hydrogen-bond acceptors (Lipinski definition) is 8. The summed E-state index contributed by atoms with van der Waals surface area (Å²) in [6.45, 7) is 12.2. The molecule has 1 aliphatic heterocycles. The first-order valence-corrected chi connectivity index (χ1v) is 11.4. The van der Waals surface area contributed by atoms with E-state index >= 15 is 0 Å². The summed E-state index contributed by atoms with van der Waals surface area (Å²) in [7, 11) is 2.96. The van der Waals surface area contributed by atoms with E-state index in [9.17, 15) is 9.59 Å². The SMILES string of the molecule is CCOC(=O)C1(C(=O)OCC)CCC[C@@H]1C(OC)(OC)ON1C(C)(C)CCCC1(C)C. The maximum absolute atomic E-state index is 13.2. The van der Waals surface area contributed by atoms with Gasteiger partial charge in [0.15, 0.2) is 5.41 Å². The van der Waals surface area contributed by atoms with Crippen molar-refractivity contribution < 1.29 is 33.4 Å². The number of methoxy groups -OCH3 is 2. The van der Waals surface area contributed by atoms with Gasteiger partial charge in [0.25, 0.3) is 0 Å². The predicted octanol–water partition coefficient (Wildman–Crippen LogP) is 3.82. The molecule has 1 heterocycles. The predicted molar refractivity (Wildman–Crippen MR) is 115 cm³/mol. The Kier molecular flexibility index (Phi) is 8.17. The molecule has 8 heteroatoms. The quantitative estimate of drug-likeness (QED) is 0.302. The van der Waals surface area contributed by atoms with E-state index in [1.54, 1.807) is 13.8 Å². The minimum atomic E-state index is -1.65. The van der Waals surface area contributed by atoms with E-state index in [1.165, 1.54) is 14.2 Å². The van der Waals surface area contributed by atoms with Gasteiger partial charge in [-0.2, -0.15) is 5.06 Å². The van der Waals surface area contributed by atoms with Crippen LogP contribution >= 0.6 is 0 Å². The van der Waals surface area contributed by atoms with Gasteiger partial charge in [-0.05, 0) is 73.6 Å². The topological polar surface area (TPSA) is 83.5 Å². The molecule has 0 amide bonds. The van der Waals surface area contributed by atoms with Crippen LogP contribution in [0.5, 0.6) is 0 Å². The molecule has 1 atom stereocenters. The average Bonchev–Trinajstić information content (AvgIpc) is 3.15. The van der Waals surface area contributed by atoms with Gasteiger partial charge >= 0.3 is 17.9 Å². The fraction of sp³-hybridized carbons (Fsp3) is 0.913. The Hall–Kier alpha value is -1.22. The molecule has 0 spiro atoms. The van der Waals surface area contributed by atoms with Gasteiger partial charge in [-0.1, -0.05) is 6.42 Å². The van der Waals surface area contributed by atoms with Gasteiger partial charge in [0, 0.05) is 25.3 Å². The molecule has 0 radical (unpaired) electrons. The van der Waals surface area contributed by atoms with Crippen LogP contribution in [0.3, 0.4) is 0 Å². The third-order valence-corrected chi connectivity index (χ3v) is 6.83. The Labute approximate surface area is 186 Å². The Balaban J connectivity index is 2.56. The van der Waals surface area contributed by atoms with Crippen molar-refractivity contribution in [3.63, 3.8) is 0 Å². The normalized spacial score (nSPS) is 25.2. The van der Waals surface area contributed by atoms with Crippen molar-refractivity contribution in [3.8, 4) is 0 Å². The van der Waals surface area contributed by atoms with Crippen molar-refractivity contribution in [2.24, 2.45) is 11.3 Å². The number of ether oxygens (including phenoxy) is 4. The molecule has 0 aromatic rings. The molecule has 0 aromatic heterocycles. The molecule has 2 fully saturated rings. The number of rotatable bonds is 9. The number of hydroxylamine groups is 2. The smallest absolute Gasteiger partial charge is 0.324 e. The molecule has 2 aliphatic rings. The second-order valence-corrected chi connectivity index (χ2v) is 9.73. The summed E-state index contributed by atoms with van der Waals surface area (Å²) in [6.07, 6.45) is 4.35. The van der Waals surface area contributed by atoms with Gasteiger partial charge in [0.2, 0.25) is 0 Å². The number of hydrogen-bond donors (Lipinski definition) is 0. The van der Waals surface area contributed by atoms with Crippen LogP contribution in [0, 0.1) is 11.3 Å². The average molecular weight is 444 g/mol. The van der Waals surface area contributed by atoms with Crippen LogP contribution in [0.4, 0.5) is 0 Å². The second-order valence-electron chi connectivity index (χ2n) is 9.73. The zero-order valence-corrected chi connectivity index (χ0v) is 20.5. The standard InChI is InChI=1S/C23H41NO7/c1-9-29-18(25)22(19(26)30-10-2)16-11-13-17(22)23(27-7,28-8)31-24-20(3,4)14-12-15-21(24,5)6/h17H,9-16H2,1-8H3/t17-/m0/s1. The molecule has 1 saturated heterocycles. The molecule has 0 aromatic carbocycles. The van der Waals surface area contributed by atoms with E-state index in [0.29, 0.717) is 19.3 Å². The molecule has 180 valence electrons. The van der Waals surface area contributed by atoms with E-state index < -0.39 is 29.2 Å². The van der Waals surface area contributed by atoms with Crippen LogP contribution < -0.4 is 0 Å². The fourth-order valence-corrected chi connectivity index (χ4v) is 5.43. The highest BCUT2D eigenvalue weighted by Crippen LogP contribution is 2.53. The highest BCUT2D eigenvalue weighted by Gasteiger charge is 2.67. The molecular weight excluding hydrogens is 402 g/mol. The molecule has 0 N–H and O–H groups in total. The van der Waals surface area contributed by atoms with Crippen LogP contribution in [-0.2, 0) is 33.4 Å². The van der Waals surface area contributed by atoms with Gasteiger partial charge in [-0.25, -0.2) is 4.84 Å². The lowest BCUT2D eigenvalue weighted by Crippen LogP contribution is -2.65. The monoisotopic (exact) mass is 443 g/mol. The first-order chi connectivity index (χ1) is 14.5. The molecule has 1 saturated carbocycles. The second kappa shape index (κ2) is 9.73. The lowest BCUT2D eigenvalue weighted by molar-refractivity contribution is -0.490. The van der Waals surface area contributed by atoms with Crippen molar-refractivity contribution in [1.82, 2.24) is 5.06 Å². The van der Waals surface area contributed by atoms with Crippen LogP contribution in [0.1, 0.15) is 80.1 Å². The highest BCUT2D eigenvalue weighted by molar-refractivity contribution is 6.01. The number of carbonyl (C=O) groups is 2. The van der Waals surface area contributed by atoms with Crippen LogP contribution in [0.2, 0.25) is 0 Å². The summed E-state index contributed by atoms with van der Waals surface area (Å²) in [6, 6.07) is 0. The summed E-state index contributed by atoms with van der Waals surface area (Å²) in [5, 5.41) is 1.93. The van der Waals surface area contributed by atoms with Gasteiger partial charge < -0.3 is 18.9 Å². The first-order valence-electron chi connectivity index (χ1n) is 11.4. The summed E-state index contributed by atoms with van der Waals surface area (Å²) in [4.78, 5) is 33.0. The van der Waals surface area contributed by atoms with Crippen molar-refractivity contribution in [2.75, 3.05) is 27.4 Å². The maximum Gasteiger partial charge on any atom is 0.324 e. The summed E-state index contributed by atoms with van der Waals surface area (Å²) in [5.74, 6) is -3.62. The number of piperidine rings is 1. The molecule has 2 rings (SSSR count). The van der Waals surface area contributed by atoms with Crippen LogP contribution in [-0.4, -0.2) is 61.5 Å². The van der Waals surface area contributed by atoms with E-state index in [0.717, 1.165) is 19.3 Å². The highest BCUT2D eigenvalue weighted by atomic mass is 16.9. The minimum absolute atomic E-state index is 0.159. The fourth-order valence-electron chi connectivity index (χ4n) is 5.43. The lowest BCUT2D eigenvalue weighted by atomic mass is 9.75. The maximum atomic E-state index is 13.2. The van der Waals surface area contributed by atoms with Crippen LogP contribution in [0.25, 0.3) is 0 Å². The van der Waals surface area contributed by atoms with Gasteiger partial charge in [-0.15, -0.1) is 0 Å². The largest absolute Gasteiger partial charge is 0.465 e. The Morgan fingerprint density at radius 1 is 0.871 bits per heavy atom. The van der Waals surface area contributed by atoms with Gasteiger partial charge in [0.05, 0.1) is 19.1 Å². The van der Waals surface area contributed by atoms with Gasteiger partial charge in [0.1, 0.15) is 0 Å². The molecule has 31 heavy (non-hydrogen) atoms. The number of esters is 2. The molecule has 1 aliphatic carbocycles. The van der Waals surface area contributed by atoms with Gasteiger partial charge in [-0.3, -0.25) is 9.59 Å². The molecular formula is C23H41NO7. The number of nitrogens with zero attached hydrogens (tertiary/aromatic N) is 1. The zero-order chi connectivity index (χ0) is 23.5. The summed E-state index contributed by atoms with van der Waals surface area (Å²) < 4.78 is 22.5.